The van der Waals surface area contributed by atoms with Crippen LogP contribution < -0.4 is 10.6 Å². The van der Waals surface area contributed by atoms with E-state index in [1.165, 1.54) is 15.3 Å². The number of nitrogens with one attached hydrogen (secondary N) is 2. The molecule has 0 aliphatic carbocycles. The minimum atomic E-state index is -0.894. The number of aliphatic hydroxyl groups is 1. The summed E-state index contributed by atoms with van der Waals surface area (Å²) in [5, 5.41) is 18.1. The summed E-state index contributed by atoms with van der Waals surface area (Å²) >= 11 is 1.69. The number of rotatable bonds is 12. The number of β-amino-alcohol motifs (C(OH)–C–C–N with tert-alkyl or cyclic N) is 1. The van der Waals surface area contributed by atoms with Crippen LogP contribution in [0.15, 0.2) is 35.7 Å². The standard InChI is InChI=1S/C29H41N3O6S/c1-6-37-12-13-38-18-24(34)31-26(29(3,4)5)28(36)32-17-22(33)15-23(32)27(35)30-16-20-7-9-21(10-8-20)25-19(2)11-14-39-25/h7-11,14,22-23,26,33H,6,12-13,15-18H2,1-5H3,(H,30,35)(H,31,34)/t22-,23+,26-/m1/s1. The number of hydrogen-bond donors (Lipinski definition) is 3. The van der Waals surface area contributed by atoms with Crippen molar-refractivity contribution in [1.29, 1.82) is 0 Å². The first-order valence-corrected chi connectivity index (χ1v) is 14.2. The first-order valence-electron chi connectivity index (χ1n) is 13.4. The number of carbonyl (C=O) groups excluding carboxylic acids is 3. The topological polar surface area (TPSA) is 117 Å². The maximum atomic E-state index is 13.6. The third-order valence-corrected chi connectivity index (χ3v) is 7.70. The monoisotopic (exact) mass is 559 g/mol. The highest BCUT2D eigenvalue weighted by molar-refractivity contribution is 7.13. The van der Waals surface area contributed by atoms with Crippen LogP contribution in [0, 0.1) is 12.3 Å². The van der Waals surface area contributed by atoms with Crippen LogP contribution in [0.5, 0.6) is 0 Å². The number of thiophene rings is 1. The van der Waals surface area contributed by atoms with E-state index < -0.39 is 35.4 Å². The van der Waals surface area contributed by atoms with Gasteiger partial charge >= 0.3 is 0 Å². The van der Waals surface area contributed by atoms with E-state index in [-0.39, 0.29) is 32.1 Å². The van der Waals surface area contributed by atoms with E-state index in [1.54, 1.807) is 11.3 Å². The molecule has 0 bridgehead atoms. The molecule has 10 heteroatoms. The lowest BCUT2D eigenvalue weighted by molar-refractivity contribution is -0.144. The normalized spacial score (nSPS) is 18.2. The molecule has 214 valence electrons. The van der Waals surface area contributed by atoms with Crippen LogP contribution in [0.2, 0.25) is 0 Å². The van der Waals surface area contributed by atoms with Gasteiger partial charge in [-0.3, -0.25) is 14.4 Å². The molecule has 2 heterocycles. The fraction of sp³-hybridized carbons (Fsp3) is 0.552. The summed E-state index contributed by atoms with van der Waals surface area (Å²) in [6.45, 7) is 10.8. The van der Waals surface area contributed by atoms with Gasteiger partial charge in [0, 0.05) is 31.0 Å². The van der Waals surface area contributed by atoms with Crippen molar-refractivity contribution in [2.24, 2.45) is 5.41 Å². The van der Waals surface area contributed by atoms with Crippen LogP contribution in [0.4, 0.5) is 0 Å². The summed E-state index contributed by atoms with van der Waals surface area (Å²) in [4.78, 5) is 41.9. The van der Waals surface area contributed by atoms with Crippen LogP contribution >= 0.6 is 11.3 Å². The maximum absolute atomic E-state index is 13.6. The Labute approximate surface area is 234 Å². The molecule has 0 spiro atoms. The molecule has 1 aliphatic rings. The molecule has 3 amide bonds. The van der Waals surface area contributed by atoms with E-state index in [0.717, 1.165) is 11.1 Å². The number of hydrogen-bond acceptors (Lipinski definition) is 7. The number of aliphatic hydroxyl groups excluding tert-OH is 1. The average molecular weight is 560 g/mol. The Bertz CT molecular complexity index is 1110. The number of benzene rings is 1. The van der Waals surface area contributed by atoms with Gasteiger partial charge in [-0.2, -0.15) is 0 Å². The molecule has 1 fully saturated rings. The molecule has 2 aromatic rings. The number of likely N-dealkylation sites (tertiary alicyclic amines) is 1. The van der Waals surface area contributed by atoms with Crippen LogP contribution in [0.25, 0.3) is 10.4 Å². The molecular weight excluding hydrogens is 518 g/mol. The van der Waals surface area contributed by atoms with E-state index in [1.807, 2.05) is 52.0 Å². The Hall–Kier alpha value is -2.79. The zero-order valence-corrected chi connectivity index (χ0v) is 24.3. The molecule has 1 saturated heterocycles. The summed E-state index contributed by atoms with van der Waals surface area (Å²) in [5.74, 6) is -1.17. The Kier molecular flexibility index (Phi) is 11.1. The Balaban J connectivity index is 1.61. The number of amides is 3. The van der Waals surface area contributed by atoms with E-state index in [0.29, 0.717) is 19.8 Å². The van der Waals surface area contributed by atoms with Gasteiger partial charge in [0.05, 0.1) is 19.3 Å². The third-order valence-electron chi connectivity index (χ3n) is 6.64. The molecule has 1 aromatic carbocycles. The Morgan fingerprint density at radius 2 is 1.82 bits per heavy atom. The van der Waals surface area contributed by atoms with Crippen LogP contribution in [-0.2, 0) is 30.4 Å². The molecule has 0 radical (unpaired) electrons. The fourth-order valence-electron chi connectivity index (χ4n) is 4.50. The Morgan fingerprint density at radius 3 is 2.44 bits per heavy atom. The fourth-order valence-corrected chi connectivity index (χ4v) is 5.43. The van der Waals surface area contributed by atoms with Gasteiger partial charge in [0.1, 0.15) is 18.7 Å². The van der Waals surface area contributed by atoms with Gasteiger partial charge in [0.25, 0.3) is 0 Å². The molecule has 0 saturated carbocycles. The number of ether oxygens (including phenoxy) is 2. The van der Waals surface area contributed by atoms with Gasteiger partial charge in [0.2, 0.25) is 17.7 Å². The molecule has 1 aliphatic heterocycles. The van der Waals surface area contributed by atoms with Crippen molar-refractivity contribution in [2.75, 3.05) is 33.0 Å². The summed E-state index contributed by atoms with van der Waals surface area (Å²) < 4.78 is 10.5. The van der Waals surface area contributed by atoms with Gasteiger partial charge in [-0.25, -0.2) is 0 Å². The lowest BCUT2D eigenvalue weighted by Gasteiger charge is -2.35. The van der Waals surface area contributed by atoms with Gasteiger partial charge < -0.3 is 30.1 Å². The van der Waals surface area contributed by atoms with E-state index in [2.05, 4.69) is 29.0 Å². The van der Waals surface area contributed by atoms with Crippen molar-refractivity contribution in [1.82, 2.24) is 15.5 Å². The van der Waals surface area contributed by atoms with Crippen LogP contribution in [-0.4, -0.2) is 78.9 Å². The summed E-state index contributed by atoms with van der Waals surface area (Å²) in [6, 6.07) is 8.38. The molecule has 1 aromatic heterocycles. The lowest BCUT2D eigenvalue weighted by Crippen LogP contribution is -2.58. The largest absolute Gasteiger partial charge is 0.391 e. The molecule has 0 unspecified atom stereocenters. The second-order valence-electron chi connectivity index (χ2n) is 10.9. The minimum Gasteiger partial charge on any atom is -0.391 e. The average Bonchev–Trinajstić information content (AvgIpc) is 3.50. The maximum Gasteiger partial charge on any atom is 0.246 e. The van der Waals surface area contributed by atoms with E-state index in [9.17, 15) is 19.5 Å². The second kappa shape index (κ2) is 14.0. The van der Waals surface area contributed by atoms with Crippen molar-refractivity contribution in [3.63, 3.8) is 0 Å². The quantitative estimate of drug-likeness (QED) is 0.345. The predicted octanol–water partition coefficient (Wildman–Crippen LogP) is 2.89. The van der Waals surface area contributed by atoms with Gasteiger partial charge in [-0.05, 0) is 47.4 Å². The summed E-state index contributed by atoms with van der Waals surface area (Å²) in [7, 11) is 0. The number of nitrogens with zero attached hydrogens (tertiary/aromatic N) is 1. The van der Waals surface area contributed by atoms with Crippen LogP contribution in [0.3, 0.4) is 0 Å². The van der Waals surface area contributed by atoms with Crippen molar-refractivity contribution >= 4 is 29.1 Å². The summed E-state index contributed by atoms with van der Waals surface area (Å²) in [5.41, 5.74) is 2.66. The van der Waals surface area contributed by atoms with Crippen molar-refractivity contribution in [2.45, 2.75) is 65.8 Å². The van der Waals surface area contributed by atoms with Crippen molar-refractivity contribution < 1.29 is 29.0 Å². The minimum absolute atomic E-state index is 0.0269. The molecule has 3 atom stereocenters. The smallest absolute Gasteiger partial charge is 0.246 e. The number of aryl methyl sites for hydroxylation is 1. The molecule has 39 heavy (non-hydrogen) atoms. The SMILES string of the molecule is CCOCCOCC(=O)N[C@H](C(=O)N1C[C@H](O)C[C@H]1C(=O)NCc1ccc(-c2sccc2C)cc1)C(C)(C)C. The molecule has 3 N–H and O–H groups in total. The molecule has 3 rings (SSSR count). The first kappa shape index (κ1) is 30.7. The molecular formula is C29H41N3O6S. The first-order chi connectivity index (χ1) is 18.5. The Morgan fingerprint density at radius 1 is 1.13 bits per heavy atom. The van der Waals surface area contributed by atoms with Gasteiger partial charge in [-0.1, -0.05) is 45.0 Å². The zero-order chi connectivity index (χ0) is 28.6. The third kappa shape index (κ3) is 8.60. The summed E-state index contributed by atoms with van der Waals surface area (Å²) in [6.07, 6.45) is -0.685. The van der Waals surface area contributed by atoms with Crippen LogP contribution in [0.1, 0.15) is 45.2 Å². The lowest BCUT2D eigenvalue weighted by atomic mass is 9.85. The van der Waals surface area contributed by atoms with Crippen molar-refractivity contribution in [3.05, 3.63) is 46.8 Å². The zero-order valence-electron chi connectivity index (χ0n) is 23.5. The highest BCUT2D eigenvalue weighted by atomic mass is 32.1. The van der Waals surface area contributed by atoms with Gasteiger partial charge in [-0.15, -0.1) is 11.3 Å². The second-order valence-corrected chi connectivity index (χ2v) is 11.8. The van der Waals surface area contributed by atoms with E-state index >= 15 is 0 Å². The number of carbonyl (C=O) groups is 3. The van der Waals surface area contributed by atoms with Crippen molar-refractivity contribution in [3.8, 4) is 10.4 Å². The van der Waals surface area contributed by atoms with Gasteiger partial charge in [0.15, 0.2) is 0 Å². The molecule has 9 nitrogen and oxygen atoms in total. The van der Waals surface area contributed by atoms with E-state index in [4.69, 9.17) is 9.47 Å². The predicted molar refractivity (Wildman–Crippen MR) is 151 cm³/mol. The highest BCUT2D eigenvalue weighted by Crippen LogP contribution is 2.29. The highest BCUT2D eigenvalue weighted by Gasteiger charge is 2.44.